The van der Waals surface area contributed by atoms with Gasteiger partial charge in [0.25, 0.3) is 5.78 Å². The number of thiazole rings is 1. The summed E-state index contributed by atoms with van der Waals surface area (Å²) in [5.41, 5.74) is 3.51. The number of aromatic nitrogens is 5. The predicted molar refractivity (Wildman–Crippen MR) is 111 cm³/mol. The molecule has 4 aromatic rings. The summed E-state index contributed by atoms with van der Waals surface area (Å²) in [5.74, 6) is 0.341. The average molecular weight is 444 g/mol. The smallest absolute Gasteiger partial charge is 0.387 e. The monoisotopic (exact) mass is 444 g/mol. The van der Waals surface area contributed by atoms with E-state index in [1.54, 1.807) is 28.1 Å². The van der Waals surface area contributed by atoms with Crippen molar-refractivity contribution >= 4 is 28.2 Å². The van der Waals surface area contributed by atoms with E-state index in [0.717, 1.165) is 17.0 Å². The molecule has 0 atom stereocenters. The third-order valence-corrected chi connectivity index (χ3v) is 5.48. The van der Waals surface area contributed by atoms with Gasteiger partial charge in [0.15, 0.2) is 5.13 Å². The van der Waals surface area contributed by atoms with Crippen molar-refractivity contribution in [3.8, 4) is 17.0 Å². The Kier molecular flexibility index (Phi) is 5.85. The van der Waals surface area contributed by atoms with Crippen molar-refractivity contribution in [1.29, 1.82) is 0 Å². The summed E-state index contributed by atoms with van der Waals surface area (Å²) < 4.78 is 31.5. The summed E-state index contributed by atoms with van der Waals surface area (Å²) in [6, 6.07) is 6.39. The molecule has 0 radical (unpaired) electrons. The first kappa shape index (κ1) is 20.8. The lowest BCUT2D eigenvalue weighted by Crippen LogP contribution is -2.14. The van der Waals surface area contributed by atoms with Gasteiger partial charge in [-0.15, -0.1) is 11.3 Å². The Hall–Kier alpha value is -3.47. The minimum atomic E-state index is -2.93. The van der Waals surface area contributed by atoms with Crippen molar-refractivity contribution in [3.63, 3.8) is 0 Å². The number of rotatable bonds is 7. The fourth-order valence-electron chi connectivity index (χ4n) is 3.27. The van der Waals surface area contributed by atoms with E-state index in [9.17, 15) is 13.6 Å². The summed E-state index contributed by atoms with van der Waals surface area (Å²) >= 11 is 1.21. The van der Waals surface area contributed by atoms with E-state index in [1.807, 2.05) is 13.8 Å². The van der Waals surface area contributed by atoms with Crippen LogP contribution in [0.4, 0.5) is 13.9 Å². The van der Waals surface area contributed by atoms with Crippen molar-refractivity contribution in [2.75, 3.05) is 5.32 Å². The summed E-state index contributed by atoms with van der Waals surface area (Å²) in [6.45, 7) is 0.855. The summed E-state index contributed by atoms with van der Waals surface area (Å²) in [5, 5.41) is 8.97. The van der Waals surface area contributed by atoms with E-state index in [4.69, 9.17) is 0 Å². The number of fused-ring (bicyclic) bond motifs is 1. The van der Waals surface area contributed by atoms with Crippen molar-refractivity contribution in [2.45, 2.75) is 33.3 Å². The van der Waals surface area contributed by atoms with Gasteiger partial charge < -0.3 is 10.1 Å². The van der Waals surface area contributed by atoms with Gasteiger partial charge in [-0.2, -0.15) is 18.9 Å². The van der Waals surface area contributed by atoms with Crippen molar-refractivity contribution < 1.29 is 18.3 Å². The van der Waals surface area contributed by atoms with Crippen LogP contribution in [-0.4, -0.2) is 37.1 Å². The summed E-state index contributed by atoms with van der Waals surface area (Å²) in [6.07, 6.45) is 2.15. The highest BCUT2D eigenvalue weighted by molar-refractivity contribution is 7.14. The largest absolute Gasteiger partial charge is 0.434 e. The number of nitrogens with one attached hydrogen (secondary N) is 1. The zero-order valence-electron chi connectivity index (χ0n) is 16.7. The molecule has 1 N–H and O–H groups in total. The molecule has 0 fully saturated rings. The summed E-state index contributed by atoms with van der Waals surface area (Å²) in [7, 11) is 0. The number of nitrogens with zero attached hydrogens (tertiary/aromatic N) is 5. The molecule has 0 unspecified atom stereocenters. The number of halogens is 2. The van der Waals surface area contributed by atoms with Crippen LogP contribution in [0, 0.1) is 13.8 Å². The van der Waals surface area contributed by atoms with Gasteiger partial charge >= 0.3 is 6.61 Å². The Balaban J connectivity index is 1.44. The molecule has 0 aliphatic rings. The maximum Gasteiger partial charge on any atom is 0.387 e. The maximum absolute atomic E-state index is 12.6. The van der Waals surface area contributed by atoms with E-state index in [-0.39, 0.29) is 18.1 Å². The maximum atomic E-state index is 12.6. The quantitative estimate of drug-likeness (QED) is 0.462. The molecule has 0 saturated heterocycles. The van der Waals surface area contributed by atoms with Crippen LogP contribution >= 0.6 is 11.3 Å². The highest BCUT2D eigenvalue weighted by Gasteiger charge is 2.16. The SMILES string of the molecule is Cc1nc2ncnn2c(C)c1CCC(=O)Nc1nc(-c2ccccc2OC(F)F)cs1. The van der Waals surface area contributed by atoms with Gasteiger partial charge in [-0.3, -0.25) is 4.79 Å². The Bertz CT molecular complexity index is 1240. The third-order valence-electron chi connectivity index (χ3n) is 4.72. The van der Waals surface area contributed by atoms with Crippen LogP contribution in [0.5, 0.6) is 5.75 Å². The van der Waals surface area contributed by atoms with Gasteiger partial charge in [-0.25, -0.2) is 14.5 Å². The second-order valence-corrected chi connectivity index (χ2v) is 7.55. The molecule has 3 heterocycles. The van der Waals surface area contributed by atoms with Gasteiger partial charge in [-0.05, 0) is 38.0 Å². The second kappa shape index (κ2) is 8.72. The number of carbonyl (C=O) groups excluding carboxylic acids is 1. The van der Waals surface area contributed by atoms with E-state index < -0.39 is 6.61 Å². The lowest BCUT2D eigenvalue weighted by molar-refractivity contribution is -0.116. The number of hydrogen-bond donors (Lipinski definition) is 1. The van der Waals surface area contributed by atoms with E-state index >= 15 is 0 Å². The lowest BCUT2D eigenvalue weighted by atomic mass is 10.1. The number of para-hydroxylation sites is 1. The Morgan fingerprint density at radius 2 is 2.06 bits per heavy atom. The van der Waals surface area contributed by atoms with Gasteiger partial charge in [0, 0.05) is 28.8 Å². The Morgan fingerprint density at radius 1 is 1.26 bits per heavy atom. The van der Waals surface area contributed by atoms with Gasteiger partial charge in [0.1, 0.15) is 12.1 Å². The first-order valence-electron chi connectivity index (χ1n) is 9.37. The molecule has 0 spiro atoms. The number of alkyl halides is 2. The number of hydrogen-bond acceptors (Lipinski definition) is 7. The standard InChI is InChI=1S/C20H18F2N6O2S/c1-11-13(12(2)28-19(25-11)23-10-24-28)7-8-17(29)27-20-26-15(9-31-20)14-5-3-4-6-16(14)30-18(21)22/h3-6,9-10,18H,7-8H2,1-2H3,(H,26,27,29). The number of benzene rings is 1. The molecule has 0 bridgehead atoms. The molecule has 11 heteroatoms. The third kappa shape index (κ3) is 4.50. The number of anilines is 1. The van der Waals surface area contributed by atoms with Crippen molar-refractivity contribution in [1.82, 2.24) is 24.6 Å². The Morgan fingerprint density at radius 3 is 2.87 bits per heavy atom. The van der Waals surface area contributed by atoms with Crippen LogP contribution in [0.25, 0.3) is 17.0 Å². The number of amides is 1. The predicted octanol–water partition coefficient (Wildman–Crippen LogP) is 4.04. The van der Waals surface area contributed by atoms with E-state index in [1.165, 1.54) is 23.7 Å². The normalized spacial score (nSPS) is 11.3. The average Bonchev–Trinajstić information content (AvgIpc) is 3.37. The van der Waals surface area contributed by atoms with Crippen LogP contribution in [0.15, 0.2) is 36.0 Å². The lowest BCUT2D eigenvalue weighted by Gasteiger charge is -2.10. The minimum Gasteiger partial charge on any atom is -0.434 e. The van der Waals surface area contributed by atoms with Gasteiger partial charge in [-0.1, -0.05) is 12.1 Å². The van der Waals surface area contributed by atoms with Gasteiger partial charge in [0.2, 0.25) is 5.91 Å². The molecule has 1 amide bonds. The fraction of sp³-hybridized carbons (Fsp3) is 0.250. The van der Waals surface area contributed by atoms with Crippen LogP contribution in [-0.2, 0) is 11.2 Å². The molecule has 160 valence electrons. The number of carbonyl (C=O) groups is 1. The minimum absolute atomic E-state index is 0.0302. The molecule has 31 heavy (non-hydrogen) atoms. The molecule has 0 aliphatic carbocycles. The summed E-state index contributed by atoms with van der Waals surface area (Å²) in [4.78, 5) is 25.3. The molecule has 8 nitrogen and oxygen atoms in total. The zero-order valence-corrected chi connectivity index (χ0v) is 17.5. The topological polar surface area (TPSA) is 94.3 Å². The number of aryl methyl sites for hydroxylation is 2. The van der Waals surface area contributed by atoms with Crippen LogP contribution in [0.2, 0.25) is 0 Å². The van der Waals surface area contributed by atoms with Crippen molar-refractivity contribution in [3.05, 3.63) is 52.9 Å². The molecular formula is C20H18F2N6O2S. The Labute approximate surface area is 179 Å². The highest BCUT2D eigenvalue weighted by atomic mass is 32.1. The van der Waals surface area contributed by atoms with Crippen LogP contribution < -0.4 is 10.1 Å². The fourth-order valence-corrected chi connectivity index (χ4v) is 4.00. The van der Waals surface area contributed by atoms with Crippen molar-refractivity contribution in [2.24, 2.45) is 0 Å². The second-order valence-electron chi connectivity index (χ2n) is 6.69. The molecule has 0 saturated carbocycles. The molecular weight excluding hydrogens is 426 g/mol. The van der Waals surface area contributed by atoms with Crippen LogP contribution in [0.1, 0.15) is 23.4 Å². The molecule has 0 aliphatic heterocycles. The molecule has 1 aromatic carbocycles. The zero-order chi connectivity index (χ0) is 22.0. The highest BCUT2D eigenvalue weighted by Crippen LogP contribution is 2.33. The van der Waals surface area contributed by atoms with E-state index in [2.05, 4.69) is 30.1 Å². The van der Waals surface area contributed by atoms with E-state index in [0.29, 0.717) is 28.6 Å². The molecule has 3 aromatic heterocycles. The first-order chi connectivity index (χ1) is 14.9. The molecule has 4 rings (SSSR count). The number of ether oxygens (including phenoxy) is 1. The van der Waals surface area contributed by atoms with Crippen LogP contribution in [0.3, 0.4) is 0 Å². The first-order valence-corrected chi connectivity index (χ1v) is 10.3. The van der Waals surface area contributed by atoms with Gasteiger partial charge in [0.05, 0.1) is 5.69 Å².